The molecule has 5 heteroatoms. The Hall–Kier alpha value is -1.07. The summed E-state index contributed by atoms with van der Waals surface area (Å²) in [5.74, 6) is 1.14. The molecule has 1 heterocycles. The van der Waals surface area contributed by atoms with Gasteiger partial charge in [-0.2, -0.15) is 0 Å². The lowest BCUT2D eigenvalue weighted by molar-refractivity contribution is -0.135. The molecule has 1 fully saturated rings. The fourth-order valence-electron chi connectivity index (χ4n) is 2.46. The number of ether oxygens (including phenoxy) is 1. The summed E-state index contributed by atoms with van der Waals surface area (Å²) in [6.07, 6.45) is 2.13. The Kier molecular flexibility index (Phi) is 5.43. The first-order valence-electron chi connectivity index (χ1n) is 6.98. The Morgan fingerprint density at radius 2 is 2.40 bits per heavy atom. The molecule has 0 bridgehead atoms. The molecule has 0 spiro atoms. The molecule has 20 heavy (non-hydrogen) atoms. The Morgan fingerprint density at radius 3 is 3.10 bits per heavy atom. The number of piperidine rings is 1. The van der Waals surface area contributed by atoms with E-state index in [0.29, 0.717) is 11.7 Å². The zero-order valence-electron chi connectivity index (χ0n) is 11.7. The molecule has 2 rings (SSSR count). The zero-order valence-corrected chi connectivity index (χ0v) is 13.3. The lowest BCUT2D eigenvalue weighted by atomic mass is 9.92. The highest BCUT2D eigenvalue weighted by Crippen LogP contribution is 2.20. The van der Waals surface area contributed by atoms with Gasteiger partial charge in [0.2, 0.25) is 0 Å². The Bertz CT molecular complexity index is 465. The fourth-order valence-corrected chi connectivity index (χ4v) is 2.84. The monoisotopic (exact) mass is 340 g/mol. The molecule has 1 aliphatic rings. The number of carbonyl (C=O) groups is 1. The van der Waals surface area contributed by atoms with E-state index in [-0.39, 0.29) is 18.6 Å². The minimum Gasteiger partial charge on any atom is -0.484 e. The van der Waals surface area contributed by atoms with Gasteiger partial charge in [0.15, 0.2) is 6.61 Å². The van der Waals surface area contributed by atoms with Crippen LogP contribution in [0.3, 0.4) is 0 Å². The number of benzene rings is 1. The van der Waals surface area contributed by atoms with Crippen LogP contribution in [-0.2, 0) is 4.79 Å². The van der Waals surface area contributed by atoms with E-state index in [9.17, 15) is 4.79 Å². The number of amides is 1. The van der Waals surface area contributed by atoms with Gasteiger partial charge in [-0.05, 0) is 43.9 Å². The van der Waals surface area contributed by atoms with E-state index in [1.165, 1.54) is 0 Å². The molecular weight excluding hydrogens is 320 g/mol. The first kappa shape index (κ1) is 15.3. The smallest absolute Gasteiger partial charge is 0.260 e. The van der Waals surface area contributed by atoms with Crippen molar-refractivity contribution in [3.63, 3.8) is 0 Å². The SMILES string of the molecule is CC(N)C1CCCN(C(=O)COc2cccc(Br)c2)C1. The summed E-state index contributed by atoms with van der Waals surface area (Å²) in [5.41, 5.74) is 5.94. The summed E-state index contributed by atoms with van der Waals surface area (Å²) in [4.78, 5) is 14.0. The molecule has 2 N–H and O–H groups in total. The summed E-state index contributed by atoms with van der Waals surface area (Å²) >= 11 is 3.38. The van der Waals surface area contributed by atoms with Crippen LogP contribution in [0.2, 0.25) is 0 Å². The van der Waals surface area contributed by atoms with Crippen LogP contribution < -0.4 is 10.5 Å². The molecule has 1 aliphatic heterocycles. The van der Waals surface area contributed by atoms with E-state index in [1.54, 1.807) is 0 Å². The lowest BCUT2D eigenvalue weighted by Crippen LogP contribution is -2.46. The Balaban J connectivity index is 1.85. The van der Waals surface area contributed by atoms with Crippen molar-refractivity contribution >= 4 is 21.8 Å². The standard InChI is InChI=1S/C15H21BrN2O2/c1-11(17)12-4-3-7-18(9-12)15(19)10-20-14-6-2-5-13(16)8-14/h2,5-6,8,11-12H,3-4,7,9-10,17H2,1H3. The van der Waals surface area contributed by atoms with Crippen molar-refractivity contribution in [1.29, 1.82) is 0 Å². The zero-order chi connectivity index (χ0) is 14.5. The first-order valence-corrected chi connectivity index (χ1v) is 7.77. The van der Waals surface area contributed by atoms with Crippen molar-refractivity contribution in [2.45, 2.75) is 25.8 Å². The quantitative estimate of drug-likeness (QED) is 0.915. The van der Waals surface area contributed by atoms with Gasteiger partial charge in [-0.25, -0.2) is 0 Å². The second kappa shape index (κ2) is 7.09. The van der Waals surface area contributed by atoms with Gasteiger partial charge in [0.05, 0.1) is 0 Å². The van der Waals surface area contributed by atoms with Crippen molar-refractivity contribution in [2.75, 3.05) is 19.7 Å². The van der Waals surface area contributed by atoms with Crippen LogP contribution in [0.5, 0.6) is 5.75 Å². The highest BCUT2D eigenvalue weighted by Gasteiger charge is 2.25. The van der Waals surface area contributed by atoms with Crippen molar-refractivity contribution in [1.82, 2.24) is 4.90 Å². The molecular formula is C15H21BrN2O2. The highest BCUT2D eigenvalue weighted by atomic mass is 79.9. The predicted octanol–water partition coefficient (Wildman–Crippen LogP) is 2.41. The molecule has 0 aromatic heterocycles. The summed E-state index contributed by atoms with van der Waals surface area (Å²) < 4.78 is 6.49. The average molecular weight is 341 g/mol. The molecule has 1 aromatic carbocycles. The van der Waals surface area contributed by atoms with E-state index < -0.39 is 0 Å². The molecule has 2 unspecified atom stereocenters. The van der Waals surface area contributed by atoms with Gasteiger partial charge < -0.3 is 15.4 Å². The van der Waals surface area contributed by atoms with Gasteiger partial charge in [-0.3, -0.25) is 4.79 Å². The summed E-state index contributed by atoms with van der Waals surface area (Å²) in [7, 11) is 0. The van der Waals surface area contributed by atoms with Crippen LogP contribution in [0.4, 0.5) is 0 Å². The number of rotatable bonds is 4. The van der Waals surface area contributed by atoms with Crippen LogP contribution >= 0.6 is 15.9 Å². The van der Waals surface area contributed by atoms with Gasteiger partial charge in [0.25, 0.3) is 5.91 Å². The van der Waals surface area contributed by atoms with Crippen molar-refractivity contribution < 1.29 is 9.53 Å². The number of nitrogens with zero attached hydrogens (tertiary/aromatic N) is 1. The summed E-state index contributed by atoms with van der Waals surface area (Å²) in [5, 5.41) is 0. The second-order valence-electron chi connectivity index (χ2n) is 5.35. The molecule has 2 atom stereocenters. The van der Waals surface area contributed by atoms with Crippen LogP contribution in [0.1, 0.15) is 19.8 Å². The Morgan fingerprint density at radius 1 is 1.60 bits per heavy atom. The first-order chi connectivity index (χ1) is 9.56. The van der Waals surface area contributed by atoms with E-state index >= 15 is 0 Å². The third-order valence-electron chi connectivity index (χ3n) is 3.71. The van der Waals surface area contributed by atoms with E-state index in [1.807, 2.05) is 36.1 Å². The van der Waals surface area contributed by atoms with Gasteiger partial charge in [0, 0.05) is 23.6 Å². The molecule has 0 saturated carbocycles. The maximum atomic E-state index is 12.2. The number of likely N-dealkylation sites (tertiary alicyclic amines) is 1. The number of hydrogen-bond donors (Lipinski definition) is 1. The van der Waals surface area contributed by atoms with E-state index in [0.717, 1.165) is 30.4 Å². The van der Waals surface area contributed by atoms with E-state index in [2.05, 4.69) is 15.9 Å². The summed E-state index contributed by atoms with van der Waals surface area (Å²) in [6.45, 7) is 3.65. The average Bonchev–Trinajstić information content (AvgIpc) is 2.45. The molecule has 1 aromatic rings. The lowest BCUT2D eigenvalue weighted by Gasteiger charge is -2.34. The summed E-state index contributed by atoms with van der Waals surface area (Å²) in [6, 6.07) is 7.65. The van der Waals surface area contributed by atoms with Gasteiger partial charge >= 0.3 is 0 Å². The number of nitrogens with two attached hydrogens (primary N) is 1. The molecule has 4 nitrogen and oxygen atoms in total. The molecule has 0 aliphatic carbocycles. The minimum absolute atomic E-state index is 0.0373. The normalized spacial score (nSPS) is 20.6. The van der Waals surface area contributed by atoms with E-state index in [4.69, 9.17) is 10.5 Å². The van der Waals surface area contributed by atoms with Gasteiger partial charge in [0.1, 0.15) is 5.75 Å². The topological polar surface area (TPSA) is 55.6 Å². The molecule has 0 radical (unpaired) electrons. The molecule has 110 valence electrons. The molecule has 1 saturated heterocycles. The van der Waals surface area contributed by atoms with Gasteiger partial charge in [-0.1, -0.05) is 22.0 Å². The third-order valence-corrected chi connectivity index (χ3v) is 4.21. The van der Waals surface area contributed by atoms with Crippen molar-refractivity contribution in [3.05, 3.63) is 28.7 Å². The maximum absolute atomic E-state index is 12.2. The fraction of sp³-hybridized carbons (Fsp3) is 0.533. The van der Waals surface area contributed by atoms with Crippen LogP contribution in [0.15, 0.2) is 28.7 Å². The minimum atomic E-state index is 0.0373. The van der Waals surface area contributed by atoms with Crippen molar-refractivity contribution in [3.8, 4) is 5.75 Å². The number of halogens is 1. The Labute approximate surface area is 128 Å². The predicted molar refractivity (Wildman–Crippen MR) is 82.6 cm³/mol. The second-order valence-corrected chi connectivity index (χ2v) is 6.26. The third kappa shape index (κ3) is 4.21. The highest BCUT2D eigenvalue weighted by molar-refractivity contribution is 9.10. The maximum Gasteiger partial charge on any atom is 0.260 e. The number of hydrogen-bond acceptors (Lipinski definition) is 3. The van der Waals surface area contributed by atoms with Crippen LogP contribution in [-0.4, -0.2) is 36.5 Å². The van der Waals surface area contributed by atoms with Gasteiger partial charge in [-0.15, -0.1) is 0 Å². The van der Waals surface area contributed by atoms with Crippen LogP contribution in [0, 0.1) is 5.92 Å². The van der Waals surface area contributed by atoms with Crippen LogP contribution in [0.25, 0.3) is 0 Å². The molecule has 1 amide bonds. The van der Waals surface area contributed by atoms with Crippen molar-refractivity contribution in [2.24, 2.45) is 11.7 Å². The number of carbonyl (C=O) groups excluding carboxylic acids is 1. The largest absolute Gasteiger partial charge is 0.484 e.